The number of aliphatic hydroxyl groups excluding tert-OH is 1. The molecule has 0 aromatic carbocycles. The second-order valence-corrected chi connectivity index (χ2v) is 10.4. The number of aliphatic hydroxyl groups is 1. The molecule has 13 nitrogen and oxygen atoms in total. The summed E-state index contributed by atoms with van der Waals surface area (Å²) >= 11 is 2.27. The topological polar surface area (TPSA) is 185 Å². The van der Waals surface area contributed by atoms with Crippen LogP contribution in [-0.2, 0) is 19.2 Å². The van der Waals surface area contributed by atoms with Crippen LogP contribution in [0, 0.1) is 0 Å². The number of nitrogen functional groups attached to an aromatic ring is 1. The molecule has 2 amide bonds. The van der Waals surface area contributed by atoms with Gasteiger partial charge in [0, 0.05) is 35.7 Å². The van der Waals surface area contributed by atoms with E-state index in [1.807, 2.05) is 6.92 Å². The van der Waals surface area contributed by atoms with Gasteiger partial charge in [0.15, 0.2) is 5.13 Å². The number of carbonyl (C=O) groups excluding carboxylic acids is 2. The summed E-state index contributed by atoms with van der Waals surface area (Å²) in [4.78, 5) is 48.9. The van der Waals surface area contributed by atoms with Crippen molar-refractivity contribution in [2.24, 2.45) is 5.16 Å². The number of aromatic nitrogens is 2. The van der Waals surface area contributed by atoms with Crippen molar-refractivity contribution in [1.82, 2.24) is 19.6 Å². The lowest BCUT2D eigenvalue weighted by atomic mass is 9.98. The Morgan fingerprint density at radius 2 is 2.24 bits per heavy atom. The first-order chi connectivity index (χ1) is 16.2. The van der Waals surface area contributed by atoms with Crippen LogP contribution in [0.2, 0.25) is 0 Å². The maximum Gasteiger partial charge on any atom is 0.352 e. The first-order valence-electron chi connectivity index (χ1n) is 10.6. The van der Waals surface area contributed by atoms with E-state index in [0.29, 0.717) is 17.9 Å². The second kappa shape index (κ2) is 9.48. The van der Waals surface area contributed by atoms with Crippen LogP contribution in [-0.4, -0.2) is 97.5 Å². The molecule has 0 aliphatic carbocycles. The molecule has 184 valence electrons. The Kier molecular flexibility index (Phi) is 6.80. The first kappa shape index (κ1) is 24.4. The van der Waals surface area contributed by atoms with Crippen molar-refractivity contribution >= 4 is 51.9 Å². The number of oxime groups is 1. The van der Waals surface area contributed by atoms with Gasteiger partial charge >= 0.3 is 5.97 Å². The smallest absolute Gasteiger partial charge is 0.352 e. The van der Waals surface area contributed by atoms with Crippen molar-refractivity contribution in [2.75, 3.05) is 38.3 Å². The number of aliphatic carboxylic acids is 1. The molecular formula is C19H26N7O6S2+. The van der Waals surface area contributed by atoms with Gasteiger partial charge in [0.25, 0.3) is 11.8 Å². The fraction of sp³-hybridized carbons (Fsp3) is 0.579. The number of carboxylic acid groups (broad SMARTS) is 1. The second-order valence-electron chi connectivity index (χ2n) is 8.55. The molecule has 1 aromatic heterocycles. The number of nitrogens with zero attached hydrogens (tertiary/aromatic N) is 4. The standard InChI is InChI=1S/C19H25N7O6S2/c1-19(8-27)4-3-5-25(19)6-9-7-33-16-11(15(29)26(16)12(9)17(30)31)21-14(28)10(23-32-2)13-22-18(20)34-24-13/h11,16,27H,3-8H2,1-2H3,(H,21,28)(H,30,31)(H2,20,22,24)/p+1/t11-,16+,19+/m1/s1. The Bertz CT molecular complexity index is 1080. The molecule has 0 spiro atoms. The molecule has 0 radical (unpaired) electrons. The van der Waals surface area contributed by atoms with E-state index in [9.17, 15) is 24.6 Å². The summed E-state index contributed by atoms with van der Waals surface area (Å²) < 4.78 is 3.95. The average molecular weight is 513 g/mol. The number of carbonyl (C=O) groups is 3. The molecule has 4 atom stereocenters. The largest absolute Gasteiger partial charge is 0.477 e. The number of fused-ring (bicyclic) bond motifs is 1. The maximum atomic E-state index is 13.0. The van der Waals surface area contributed by atoms with Gasteiger partial charge in [0.2, 0.25) is 11.5 Å². The Balaban J connectivity index is 1.52. The monoisotopic (exact) mass is 512 g/mol. The third-order valence-electron chi connectivity index (χ3n) is 6.42. The zero-order valence-electron chi connectivity index (χ0n) is 18.6. The van der Waals surface area contributed by atoms with Gasteiger partial charge in [-0.3, -0.25) is 14.5 Å². The normalized spacial score (nSPS) is 29.0. The molecule has 6 N–H and O–H groups in total. The highest BCUT2D eigenvalue weighted by atomic mass is 32.2. The van der Waals surface area contributed by atoms with E-state index in [1.54, 1.807) is 0 Å². The fourth-order valence-electron chi connectivity index (χ4n) is 4.56. The molecule has 1 aromatic rings. The van der Waals surface area contributed by atoms with E-state index in [0.717, 1.165) is 35.8 Å². The zero-order valence-corrected chi connectivity index (χ0v) is 20.2. The number of hydrogen-bond acceptors (Lipinski definition) is 11. The first-order valence-corrected chi connectivity index (χ1v) is 12.4. The Morgan fingerprint density at radius 1 is 1.47 bits per heavy atom. The highest BCUT2D eigenvalue weighted by molar-refractivity contribution is 8.00. The van der Waals surface area contributed by atoms with Crippen LogP contribution in [0.4, 0.5) is 5.13 Å². The highest BCUT2D eigenvalue weighted by Gasteiger charge is 2.55. The number of quaternary nitrogens is 1. The number of β-lactam (4-membered cyclic amide) rings is 1. The zero-order chi connectivity index (χ0) is 24.6. The summed E-state index contributed by atoms with van der Waals surface area (Å²) in [6.07, 6.45) is 1.80. The summed E-state index contributed by atoms with van der Waals surface area (Å²) in [5, 5.41) is 25.6. The Morgan fingerprint density at radius 3 is 2.85 bits per heavy atom. The molecule has 4 rings (SSSR count). The quantitative estimate of drug-likeness (QED) is 0.143. The van der Waals surface area contributed by atoms with Gasteiger partial charge in [-0.05, 0) is 6.92 Å². The van der Waals surface area contributed by atoms with Gasteiger partial charge in [-0.1, -0.05) is 5.16 Å². The molecule has 0 bridgehead atoms. The molecule has 0 saturated carbocycles. The van der Waals surface area contributed by atoms with Crippen molar-refractivity contribution in [3.63, 3.8) is 0 Å². The maximum absolute atomic E-state index is 13.0. The highest BCUT2D eigenvalue weighted by Crippen LogP contribution is 2.40. The van der Waals surface area contributed by atoms with Gasteiger partial charge in [-0.2, -0.15) is 9.36 Å². The third kappa shape index (κ3) is 4.23. The summed E-state index contributed by atoms with van der Waals surface area (Å²) in [6, 6.07) is -0.937. The summed E-state index contributed by atoms with van der Waals surface area (Å²) in [5.41, 5.74) is 5.61. The van der Waals surface area contributed by atoms with Crippen LogP contribution < -0.4 is 16.0 Å². The number of rotatable bonds is 8. The van der Waals surface area contributed by atoms with Crippen molar-refractivity contribution in [3.8, 4) is 0 Å². The lowest BCUT2D eigenvalue weighted by molar-refractivity contribution is -0.933. The molecular weight excluding hydrogens is 486 g/mol. The summed E-state index contributed by atoms with van der Waals surface area (Å²) in [6.45, 7) is 3.25. The Hall–Kier alpha value is -2.75. The minimum atomic E-state index is -1.19. The number of anilines is 1. The van der Waals surface area contributed by atoms with Gasteiger partial charge < -0.3 is 31.0 Å². The molecule has 15 heteroatoms. The minimum absolute atomic E-state index is 0.00932. The number of hydrogen-bond donors (Lipinski definition) is 5. The van der Waals surface area contributed by atoms with Gasteiger partial charge in [-0.25, -0.2) is 4.79 Å². The van der Waals surface area contributed by atoms with Crippen molar-refractivity contribution < 1.29 is 34.3 Å². The molecule has 34 heavy (non-hydrogen) atoms. The van der Waals surface area contributed by atoms with Crippen LogP contribution in [0.25, 0.3) is 0 Å². The lowest BCUT2D eigenvalue weighted by Gasteiger charge is -2.49. The molecule has 1 unspecified atom stereocenters. The van der Waals surface area contributed by atoms with Crippen LogP contribution in [0.3, 0.4) is 0 Å². The number of amides is 2. The number of likely N-dealkylation sites (tertiary alicyclic amines) is 1. The van der Waals surface area contributed by atoms with E-state index in [4.69, 9.17) is 10.6 Å². The summed E-state index contributed by atoms with van der Waals surface area (Å²) in [7, 11) is 1.26. The predicted octanol–water partition coefficient (Wildman–Crippen LogP) is -2.36. The average Bonchev–Trinajstić information content (AvgIpc) is 3.40. The number of nitrogens with one attached hydrogen (secondary N) is 2. The Labute approximate surface area is 203 Å². The summed E-state index contributed by atoms with van der Waals surface area (Å²) in [5.74, 6) is -2.08. The number of carboxylic acids is 1. The van der Waals surface area contributed by atoms with Gasteiger partial charge in [0.05, 0.1) is 13.2 Å². The SMILES string of the molecule is CON=C(C(=O)N[C@@H]1C(=O)N2C(C(=O)O)=C(C[NH+]3CCC[C@@]3(C)CO)CS[C@@H]12)c1nsc(N)n1. The molecule has 3 aliphatic heterocycles. The number of nitrogens with two attached hydrogens (primary N) is 1. The minimum Gasteiger partial charge on any atom is -0.477 e. The molecule has 2 saturated heterocycles. The molecule has 2 fully saturated rings. The molecule has 4 heterocycles. The lowest BCUT2D eigenvalue weighted by Crippen LogP contribution is -3.18. The number of thioether (sulfide) groups is 1. The van der Waals surface area contributed by atoms with E-state index < -0.39 is 29.2 Å². The molecule has 3 aliphatic rings. The fourth-order valence-corrected chi connectivity index (χ4v) is 6.34. The van der Waals surface area contributed by atoms with Crippen LogP contribution in [0.5, 0.6) is 0 Å². The van der Waals surface area contributed by atoms with Crippen molar-refractivity contribution in [2.45, 2.75) is 36.7 Å². The van der Waals surface area contributed by atoms with Crippen LogP contribution >= 0.6 is 23.3 Å². The van der Waals surface area contributed by atoms with E-state index in [1.165, 1.54) is 23.8 Å². The van der Waals surface area contributed by atoms with Gasteiger partial charge in [-0.15, -0.1) is 11.8 Å². The van der Waals surface area contributed by atoms with Crippen LogP contribution in [0.1, 0.15) is 25.6 Å². The van der Waals surface area contributed by atoms with Gasteiger partial charge in [0.1, 0.15) is 36.3 Å². The van der Waals surface area contributed by atoms with E-state index >= 15 is 0 Å². The van der Waals surface area contributed by atoms with E-state index in [2.05, 4.69) is 19.8 Å². The van der Waals surface area contributed by atoms with E-state index in [-0.39, 0.29) is 34.5 Å². The van der Waals surface area contributed by atoms with Crippen molar-refractivity contribution in [3.05, 3.63) is 17.1 Å². The predicted molar refractivity (Wildman–Crippen MR) is 123 cm³/mol. The third-order valence-corrected chi connectivity index (χ3v) is 8.31. The van der Waals surface area contributed by atoms with Crippen molar-refractivity contribution in [1.29, 1.82) is 0 Å². The van der Waals surface area contributed by atoms with Crippen LogP contribution in [0.15, 0.2) is 16.4 Å².